The van der Waals surface area contributed by atoms with Crippen LogP contribution in [0, 0.1) is 13.8 Å². The number of aliphatic hydroxyl groups excluding tert-OH is 2. The lowest BCUT2D eigenvalue weighted by molar-refractivity contribution is -0.0234. The SMILES string of the molecule is COC(=O)c1c(C)cccc1COC1CCCC(O)C1.COC(=O)c1c(C)cccc1CO[C@@H]1CCC[C@H](O)C1. The highest BCUT2D eigenvalue weighted by Crippen LogP contribution is 2.25. The van der Waals surface area contributed by atoms with Crippen molar-refractivity contribution in [2.24, 2.45) is 0 Å². The zero-order valence-electron chi connectivity index (χ0n) is 24.2. The average Bonchev–Trinajstić information content (AvgIpc) is 2.94. The molecule has 40 heavy (non-hydrogen) atoms. The van der Waals surface area contributed by atoms with Gasteiger partial charge in [-0.1, -0.05) is 36.4 Å². The van der Waals surface area contributed by atoms with Crippen LogP contribution in [-0.2, 0) is 32.2 Å². The van der Waals surface area contributed by atoms with Crippen LogP contribution in [0.1, 0.15) is 94.3 Å². The fraction of sp³-hybridized carbons (Fsp3) is 0.562. The third-order valence-electron chi connectivity index (χ3n) is 7.64. The molecule has 4 atom stereocenters. The number of ether oxygens (including phenoxy) is 4. The highest BCUT2D eigenvalue weighted by atomic mass is 16.5. The Morgan fingerprint density at radius 1 is 0.700 bits per heavy atom. The lowest BCUT2D eigenvalue weighted by Crippen LogP contribution is -2.26. The Labute approximate surface area is 237 Å². The van der Waals surface area contributed by atoms with Crippen LogP contribution in [-0.4, -0.2) is 60.8 Å². The minimum absolute atomic E-state index is 0.0739. The molecule has 0 aromatic heterocycles. The molecule has 2 N–H and O–H groups in total. The summed E-state index contributed by atoms with van der Waals surface area (Å²) < 4.78 is 21.4. The summed E-state index contributed by atoms with van der Waals surface area (Å²) in [6, 6.07) is 11.4. The van der Waals surface area contributed by atoms with E-state index in [4.69, 9.17) is 18.9 Å². The predicted molar refractivity (Wildman–Crippen MR) is 151 cm³/mol. The minimum atomic E-state index is -0.328. The second kappa shape index (κ2) is 15.9. The van der Waals surface area contributed by atoms with E-state index in [2.05, 4.69) is 0 Å². The monoisotopic (exact) mass is 556 g/mol. The highest BCUT2D eigenvalue weighted by molar-refractivity contribution is 5.93. The molecule has 0 amide bonds. The molecule has 0 bridgehead atoms. The van der Waals surface area contributed by atoms with E-state index >= 15 is 0 Å². The van der Waals surface area contributed by atoms with E-state index in [-0.39, 0.29) is 36.4 Å². The summed E-state index contributed by atoms with van der Waals surface area (Å²) in [5.74, 6) is -0.657. The van der Waals surface area contributed by atoms with Crippen molar-refractivity contribution in [2.45, 2.75) is 103 Å². The molecule has 8 nitrogen and oxygen atoms in total. The smallest absolute Gasteiger partial charge is 0.338 e. The molecule has 8 heteroatoms. The molecule has 2 unspecified atom stereocenters. The van der Waals surface area contributed by atoms with E-state index in [9.17, 15) is 19.8 Å². The first kappa shape index (κ1) is 31.7. The van der Waals surface area contributed by atoms with Gasteiger partial charge in [0.15, 0.2) is 0 Å². The summed E-state index contributed by atoms with van der Waals surface area (Å²) >= 11 is 0. The maximum Gasteiger partial charge on any atom is 0.338 e. The molecule has 0 heterocycles. The van der Waals surface area contributed by atoms with Gasteiger partial charge in [-0.2, -0.15) is 0 Å². The summed E-state index contributed by atoms with van der Waals surface area (Å²) in [6.07, 6.45) is 6.63. The minimum Gasteiger partial charge on any atom is -0.465 e. The van der Waals surface area contributed by atoms with Gasteiger partial charge in [0, 0.05) is 0 Å². The second-order valence-electron chi connectivity index (χ2n) is 10.7. The Hall–Kier alpha value is -2.78. The fourth-order valence-electron chi connectivity index (χ4n) is 5.44. The Bertz CT molecular complexity index is 1030. The number of carbonyl (C=O) groups excluding carboxylic acids is 2. The molecule has 2 aliphatic carbocycles. The van der Waals surface area contributed by atoms with Crippen molar-refractivity contribution in [3.63, 3.8) is 0 Å². The van der Waals surface area contributed by atoms with Crippen LogP contribution < -0.4 is 0 Å². The molecule has 220 valence electrons. The van der Waals surface area contributed by atoms with Crippen LogP contribution >= 0.6 is 0 Å². The first-order valence-electron chi connectivity index (χ1n) is 14.2. The van der Waals surface area contributed by atoms with Crippen molar-refractivity contribution in [3.05, 3.63) is 69.8 Å². The maximum atomic E-state index is 11.8. The van der Waals surface area contributed by atoms with Crippen LogP contribution in [0.5, 0.6) is 0 Å². The summed E-state index contributed by atoms with van der Waals surface area (Å²) in [7, 11) is 2.77. The molecular weight excluding hydrogens is 512 g/mol. The van der Waals surface area contributed by atoms with Gasteiger partial charge in [-0.05, 0) is 87.5 Å². The van der Waals surface area contributed by atoms with Crippen LogP contribution in [0.2, 0.25) is 0 Å². The van der Waals surface area contributed by atoms with Crippen molar-refractivity contribution >= 4 is 11.9 Å². The van der Waals surface area contributed by atoms with Crippen molar-refractivity contribution < 1.29 is 38.7 Å². The van der Waals surface area contributed by atoms with Gasteiger partial charge in [0.25, 0.3) is 0 Å². The van der Waals surface area contributed by atoms with Gasteiger partial charge in [0.2, 0.25) is 0 Å². The van der Waals surface area contributed by atoms with Gasteiger partial charge in [0.1, 0.15) is 0 Å². The molecule has 2 fully saturated rings. The van der Waals surface area contributed by atoms with Crippen molar-refractivity contribution in [3.8, 4) is 0 Å². The Balaban J connectivity index is 0.000000220. The average molecular weight is 557 g/mol. The van der Waals surface area contributed by atoms with E-state index in [0.717, 1.165) is 60.8 Å². The van der Waals surface area contributed by atoms with Crippen molar-refractivity contribution in [1.29, 1.82) is 0 Å². The normalized spacial score (nSPS) is 22.6. The Kier molecular flexibility index (Phi) is 12.6. The second-order valence-corrected chi connectivity index (χ2v) is 10.7. The summed E-state index contributed by atoms with van der Waals surface area (Å²) in [6.45, 7) is 4.53. The molecule has 0 radical (unpaired) electrons. The van der Waals surface area contributed by atoms with E-state index in [0.29, 0.717) is 37.2 Å². The molecule has 0 saturated heterocycles. The van der Waals surface area contributed by atoms with Gasteiger partial charge in [-0.25, -0.2) is 9.59 Å². The van der Waals surface area contributed by atoms with Crippen LogP contribution in [0.15, 0.2) is 36.4 Å². The quantitative estimate of drug-likeness (QED) is 0.427. The molecule has 0 spiro atoms. The standard InChI is InChI=1S/2C16H22O4/c2*1-11-5-3-6-12(15(11)16(18)19-2)10-20-14-8-4-7-13(17)9-14/h2*3,5-6,13-14,17H,4,7-10H2,1-2H3/t13-,14+;/m0./s1. The molecule has 2 aromatic rings. The number of esters is 2. The van der Waals surface area contributed by atoms with E-state index in [1.54, 1.807) is 0 Å². The number of methoxy groups -OCH3 is 2. The number of hydrogen-bond donors (Lipinski definition) is 2. The third kappa shape index (κ3) is 9.13. The zero-order valence-corrected chi connectivity index (χ0v) is 24.2. The molecule has 4 rings (SSSR count). The number of hydrogen-bond acceptors (Lipinski definition) is 8. The van der Waals surface area contributed by atoms with Gasteiger partial charge in [-0.15, -0.1) is 0 Å². The van der Waals surface area contributed by atoms with Crippen LogP contribution in [0.4, 0.5) is 0 Å². The number of rotatable bonds is 8. The van der Waals surface area contributed by atoms with Gasteiger partial charge >= 0.3 is 11.9 Å². The van der Waals surface area contributed by atoms with Crippen LogP contribution in [0.25, 0.3) is 0 Å². The Morgan fingerprint density at radius 3 is 1.45 bits per heavy atom. The summed E-state index contributed by atoms with van der Waals surface area (Å²) in [4.78, 5) is 23.7. The van der Waals surface area contributed by atoms with E-state index < -0.39 is 0 Å². The predicted octanol–water partition coefficient (Wildman–Crippen LogP) is 5.20. The molecule has 0 aliphatic heterocycles. The molecule has 2 aromatic carbocycles. The van der Waals surface area contributed by atoms with Gasteiger partial charge < -0.3 is 29.2 Å². The Morgan fingerprint density at radius 2 is 1.10 bits per heavy atom. The lowest BCUT2D eigenvalue weighted by atomic mass is 9.95. The number of aryl methyl sites for hydroxylation is 2. The lowest BCUT2D eigenvalue weighted by Gasteiger charge is -2.26. The van der Waals surface area contributed by atoms with E-state index in [1.165, 1.54) is 14.2 Å². The fourth-order valence-corrected chi connectivity index (χ4v) is 5.44. The number of benzene rings is 2. The first-order chi connectivity index (χ1) is 19.2. The topological polar surface area (TPSA) is 112 Å². The van der Waals surface area contributed by atoms with Crippen molar-refractivity contribution in [1.82, 2.24) is 0 Å². The van der Waals surface area contributed by atoms with Gasteiger partial charge in [-0.3, -0.25) is 0 Å². The maximum absolute atomic E-state index is 11.8. The van der Waals surface area contributed by atoms with E-state index in [1.807, 2.05) is 50.2 Å². The number of aliphatic hydroxyl groups is 2. The highest BCUT2D eigenvalue weighted by Gasteiger charge is 2.23. The molecule has 2 saturated carbocycles. The van der Waals surface area contributed by atoms with Crippen LogP contribution in [0.3, 0.4) is 0 Å². The molecular formula is C32H44O8. The molecule has 2 aliphatic rings. The van der Waals surface area contributed by atoms with Crippen molar-refractivity contribution in [2.75, 3.05) is 14.2 Å². The summed E-state index contributed by atoms with van der Waals surface area (Å²) in [5, 5.41) is 19.3. The first-order valence-corrected chi connectivity index (χ1v) is 14.2. The summed E-state index contributed by atoms with van der Waals surface area (Å²) in [5.41, 5.74) is 4.65. The van der Waals surface area contributed by atoms with Gasteiger partial charge in [0.05, 0.1) is 63.0 Å². The largest absolute Gasteiger partial charge is 0.465 e. The third-order valence-corrected chi connectivity index (χ3v) is 7.64. The zero-order chi connectivity index (χ0) is 29.1. The number of carbonyl (C=O) groups is 2.